The Morgan fingerprint density at radius 1 is 0.617 bits per heavy atom. The highest BCUT2D eigenvalue weighted by molar-refractivity contribution is 14.1. The fraction of sp³-hybridized carbons (Fsp3) is 0.190. The van der Waals surface area contributed by atoms with Crippen molar-refractivity contribution < 1.29 is 56.3 Å². The first-order valence-corrected chi connectivity index (χ1v) is 19.9. The van der Waals surface area contributed by atoms with Gasteiger partial charge in [-0.05, 0) is 106 Å². The molecule has 12 nitrogen and oxygen atoms in total. The third-order valence-electron chi connectivity index (χ3n) is 8.36. The Labute approximate surface area is 367 Å². The van der Waals surface area contributed by atoms with Crippen LogP contribution in [0.15, 0.2) is 84.9 Å². The Kier molecular flexibility index (Phi) is 16.3. The predicted octanol–water partition coefficient (Wildman–Crippen LogP) is 8.66. The lowest BCUT2D eigenvalue weighted by Gasteiger charge is -2.16. The van der Waals surface area contributed by atoms with Gasteiger partial charge in [0.2, 0.25) is 0 Å². The lowest BCUT2D eigenvalue weighted by Crippen LogP contribution is -2.24. The highest BCUT2D eigenvalue weighted by atomic mass is 127. The molecule has 5 aromatic rings. The Balaban J connectivity index is 1.09. The molecule has 2 atom stereocenters. The van der Waals surface area contributed by atoms with Gasteiger partial charge < -0.3 is 39.8 Å². The second kappa shape index (κ2) is 21.5. The van der Waals surface area contributed by atoms with Crippen molar-refractivity contribution in [2.24, 2.45) is 0 Å². The smallest absolute Gasteiger partial charge is 0.339 e. The van der Waals surface area contributed by atoms with Crippen molar-refractivity contribution in [3.8, 4) is 23.6 Å². The summed E-state index contributed by atoms with van der Waals surface area (Å²) < 4.78 is 80.5. The number of carbonyl (C=O) groups is 2. The Morgan fingerprint density at radius 3 is 1.38 bits per heavy atom. The molecule has 0 saturated heterocycles. The Hall–Kier alpha value is -5.68. The highest BCUT2D eigenvalue weighted by Crippen LogP contribution is 2.33. The van der Waals surface area contributed by atoms with E-state index in [1.165, 1.54) is 48.5 Å². The number of aliphatic hydroxyl groups is 2. The molecule has 0 fully saturated rings. The summed E-state index contributed by atoms with van der Waals surface area (Å²) in [4.78, 5) is 25.9. The van der Waals surface area contributed by atoms with Crippen LogP contribution in [0.4, 0.5) is 40.3 Å². The molecule has 4 N–H and O–H groups in total. The molecule has 0 heterocycles. The van der Waals surface area contributed by atoms with Crippen molar-refractivity contribution in [2.75, 3.05) is 37.1 Å². The van der Waals surface area contributed by atoms with E-state index in [4.69, 9.17) is 18.9 Å². The van der Waals surface area contributed by atoms with E-state index in [2.05, 4.69) is 10.6 Å². The minimum Gasteiger partial charge on any atom is -0.492 e. The first kappa shape index (κ1) is 45.4. The van der Waals surface area contributed by atoms with E-state index < -0.39 is 60.6 Å². The van der Waals surface area contributed by atoms with E-state index in [1.807, 2.05) is 57.3 Å². The van der Waals surface area contributed by atoms with Gasteiger partial charge in [0.1, 0.15) is 71.2 Å². The summed E-state index contributed by atoms with van der Waals surface area (Å²) in [7, 11) is 0. The van der Waals surface area contributed by atoms with E-state index in [-0.39, 0.29) is 82.6 Å². The number of rotatable bonds is 18. The maximum Gasteiger partial charge on any atom is 0.339 e. The average Bonchev–Trinajstić information content (AvgIpc) is 3.21. The first-order valence-electron chi connectivity index (χ1n) is 17.7. The number of esters is 2. The fourth-order valence-corrected chi connectivity index (χ4v) is 6.31. The van der Waals surface area contributed by atoms with Gasteiger partial charge in [-0.15, -0.1) is 0 Å². The van der Waals surface area contributed by atoms with Crippen LogP contribution in [-0.2, 0) is 9.47 Å². The highest BCUT2D eigenvalue weighted by Gasteiger charge is 2.22. The molecule has 18 heteroatoms. The zero-order chi connectivity index (χ0) is 43.3. The number of nitrogens with one attached hydrogen (secondary N) is 2. The van der Waals surface area contributed by atoms with Gasteiger partial charge in [0.05, 0.1) is 59.3 Å². The third kappa shape index (κ3) is 12.4. The average molecular weight is 1050 g/mol. The maximum atomic E-state index is 14.5. The van der Waals surface area contributed by atoms with Crippen LogP contribution in [0.25, 0.3) is 0 Å². The van der Waals surface area contributed by atoms with Crippen LogP contribution in [0.3, 0.4) is 0 Å². The summed E-state index contributed by atoms with van der Waals surface area (Å²) in [6, 6.07) is 21.9. The van der Waals surface area contributed by atoms with E-state index >= 15 is 0 Å². The van der Waals surface area contributed by atoms with Gasteiger partial charge >= 0.3 is 11.9 Å². The molecule has 0 aliphatic rings. The normalized spacial score (nSPS) is 11.7. The molecule has 60 heavy (non-hydrogen) atoms. The summed E-state index contributed by atoms with van der Waals surface area (Å²) in [5, 5.41) is 45.8. The number of benzene rings is 5. The van der Waals surface area contributed by atoms with Crippen molar-refractivity contribution in [1.29, 1.82) is 10.5 Å². The molecule has 0 saturated carbocycles. The van der Waals surface area contributed by atoms with Crippen LogP contribution in [0.2, 0.25) is 0 Å². The summed E-state index contributed by atoms with van der Waals surface area (Å²) in [6.07, 6.45) is -2.81. The number of hydrogen-bond acceptors (Lipinski definition) is 12. The van der Waals surface area contributed by atoms with Gasteiger partial charge in [-0.25, -0.2) is 27.2 Å². The molecule has 0 amide bonds. The molecule has 0 aliphatic heterocycles. The minimum absolute atomic E-state index is 0.0116. The third-order valence-corrected chi connectivity index (χ3v) is 9.70. The number of carbonyl (C=O) groups excluding carboxylic acids is 2. The minimum atomic E-state index is -1.28. The largest absolute Gasteiger partial charge is 0.492 e. The Bertz CT molecular complexity index is 2300. The van der Waals surface area contributed by atoms with Crippen LogP contribution in [0, 0.1) is 53.1 Å². The molecule has 0 aliphatic carbocycles. The van der Waals surface area contributed by atoms with Crippen molar-refractivity contribution in [3.05, 3.63) is 138 Å². The quantitative estimate of drug-likeness (QED) is 0.0373. The summed E-state index contributed by atoms with van der Waals surface area (Å²) in [5.74, 6) is -5.07. The van der Waals surface area contributed by atoms with Crippen LogP contribution < -0.4 is 20.1 Å². The monoisotopic (exact) mass is 1050 g/mol. The van der Waals surface area contributed by atoms with Crippen molar-refractivity contribution in [3.63, 3.8) is 0 Å². The van der Waals surface area contributed by atoms with Crippen LogP contribution in [-0.4, -0.2) is 60.8 Å². The number of anilines is 4. The molecule has 5 rings (SSSR count). The van der Waals surface area contributed by atoms with Gasteiger partial charge in [-0.3, -0.25) is 0 Å². The molecular formula is C42H32F4I2N4O8. The fourth-order valence-electron chi connectivity index (χ4n) is 5.41. The second-order valence-electron chi connectivity index (χ2n) is 12.7. The van der Waals surface area contributed by atoms with Gasteiger partial charge in [-0.1, -0.05) is 12.1 Å². The Morgan fingerprint density at radius 2 is 1.02 bits per heavy atom. The number of nitrogens with zero attached hydrogens (tertiary/aromatic N) is 2. The molecule has 0 bridgehead atoms. The second-order valence-corrected chi connectivity index (χ2v) is 15.2. The van der Waals surface area contributed by atoms with E-state index in [0.29, 0.717) is 7.14 Å². The van der Waals surface area contributed by atoms with Gasteiger partial charge in [0.25, 0.3) is 0 Å². The lowest BCUT2D eigenvalue weighted by molar-refractivity contribution is 0.0173. The zero-order valence-corrected chi connectivity index (χ0v) is 35.3. The topological polar surface area (TPSA) is 183 Å². The van der Waals surface area contributed by atoms with E-state index in [1.54, 1.807) is 12.1 Å². The standard InChI is InChI=1S/C42H32F4I2N4O8/c43-23-13-37(51-35-7-5-25(47)17-33(35)45)31(19-49)39(15-23)57-11-9-27(53)21-59-41(55)29-3-1-2-4-30(29)42(56)60-22-28(54)10-12-58-40-16-24(44)14-38(32(40)20-50)52-36-8-6-26(48)18-34(36)46/h1-8,13-18,27-28,51-54H,9-12,21-22H2/t27-,28-/m0/s1. The number of hydrogen-bond donors (Lipinski definition) is 4. The van der Waals surface area contributed by atoms with Crippen LogP contribution in [0.1, 0.15) is 44.7 Å². The number of nitriles is 2. The zero-order valence-electron chi connectivity index (χ0n) is 31.0. The van der Waals surface area contributed by atoms with Crippen LogP contribution in [0.5, 0.6) is 11.5 Å². The van der Waals surface area contributed by atoms with Crippen molar-refractivity contribution in [1.82, 2.24) is 0 Å². The van der Waals surface area contributed by atoms with Gasteiger partial charge in [-0.2, -0.15) is 10.5 Å². The van der Waals surface area contributed by atoms with Gasteiger partial charge in [0, 0.05) is 32.1 Å². The van der Waals surface area contributed by atoms with Gasteiger partial charge in [0.15, 0.2) is 0 Å². The molecule has 5 aromatic carbocycles. The number of ether oxygens (including phenoxy) is 4. The number of halogens is 6. The van der Waals surface area contributed by atoms with Crippen molar-refractivity contribution in [2.45, 2.75) is 25.0 Å². The predicted molar refractivity (Wildman–Crippen MR) is 226 cm³/mol. The first-order chi connectivity index (χ1) is 28.8. The number of aliphatic hydroxyl groups excluding tert-OH is 2. The SMILES string of the molecule is N#Cc1c(Nc2ccc(I)cc2F)cc(F)cc1OCC[C@H](O)COC(=O)c1ccccc1C(=O)OC[C@@H](O)CCOc1cc(F)cc(Nc2ccc(I)cc2F)c1C#N. The molecule has 0 unspecified atom stereocenters. The summed E-state index contributed by atoms with van der Waals surface area (Å²) >= 11 is 3.86. The van der Waals surface area contributed by atoms with Crippen molar-refractivity contribution >= 4 is 79.9 Å². The lowest BCUT2D eigenvalue weighted by atomic mass is 10.1. The molecule has 0 aromatic heterocycles. The molecule has 310 valence electrons. The van der Waals surface area contributed by atoms with Crippen LogP contribution >= 0.6 is 45.2 Å². The van der Waals surface area contributed by atoms with E-state index in [0.717, 1.165) is 24.3 Å². The molecule has 0 spiro atoms. The summed E-state index contributed by atoms with van der Waals surface area (Å²) in [6.45, 7) is -1.54. The molecular weight excluding hydrogens is 1020 g/mol. The maximum absolute atomic E-state index is 14.5. The summed E-state index contributed by atoms with van der Waals surface area (Å²) in [5.41, 5.74) is -0.680. The molecule has 0 radical (unpaired) electrons. The van der Waals surface area contributed by atoms with E-state index in [9.17, 15) is 47.9 Å².